The topological polar surface area (TPSA) is 75.4 Å². The quantitative estimate of drug-likeness (QED) is 0.708. The van der Waals surface area contributed by atoms with Gasteiger partial charge < -0.3 is 16.0 Å². The molecule has 1 saturated heterocycles. The van der Waals surface area contributed by atoms with E-state index >= 15 is 0 Å². The molecule has 19 heavy (non-hydrogen) atoms. The van der Waals surface area contributed by atoms with Crippen molar-refractivity contribution in [3.05, 3.63) is 0 Å². The Kier molecular flexibility index (Phi) is 6.77. The fraction of sp³-hybridized carbons (Fsp3) is 0.769. The Bertz CT molecular complexity index is 341. The summed E-state index contributed by atoms with van der Waals surface area (Å²) >= 11 is 4.84. The van der Waals surface area contributed by atoms with Gasteiger partial charge in [0.25, 0.3) is 0 Å². The average molecular weight is 285 g/mol. The monoisotopic (exact) mass is 285 g/mol. The summed E-state index contributed by atoms with van der Waals surface area (Å²) in [5.41, 5.74) is 5.49. The highest BCUT2D eigenvalue weighted by Gasteiger charge is 2.20. The van der Waals surface area contributed by atoms with E-state index in [0.717, 1.165) is 25.9 Å². The van der Waals surface area contributed by atoms with Gasteiger partial charge in [0.05, 0.1) is 10.9 Å². The number of likely N-dealkylation sites (tertiary alicyclic amines) is 1. The van der Waals surface area contributed by atoms with Crippen molar-refractivity contribution in [1.29, 1.82) is 0 Å². The summed E-state index contributed by atoms with van der Waals surface area (Å²) in [6, 6.07) is 0. The molecule has 108 valence electrons. The lowest BCUT2D eigenvalue weighted by Crippen LogP contribution is -2.41. The second kappa shape index (κ2) is 8.09. The molecule has 0 bridgehead atoms. The van der Waals surface area contributed by atoms with E-state index in [1.807, 2.05) is 11.8 Å². The average Bonchev–Trinajstić information content (AvgIpc) is 2.40. The van der Waals surface area contributed by atoms with Crippen molar-refractivity contribution in [2.45, 2.75) is 39.0 Å². The first-order valence-corrected chi connectivity index (χ1v) is 7.32. The van der Waals surface area contributed by atoms with Crippen LogP contribution < -0.4 is 11.1 Å². The maximum absolute atomic E-state index is 11.9. The van der Waals surface area contributed by atoms with Crippen LogP contribution >= 0.6 is 12.2 Å². The number of thiocarbonyl (C=S) groups is 1. The molecule has 6 heteroatoms. The van der Waals surface area contributed by atoms with E-state index in [2.05, 4.69) is 5.32 Å². The molecule has 3 N–H and O–H groups in total. The van der Waals surface area contributed by atoms with Crippen LogP contribution in [0.5, 0.6) is 0 Å². The lowest BCUT2D eigenvalue weighted by molar-refractivity contribution is -0.132. The van der Waals surface area contributed by atoms with E-state index in [1.165, 1.54) is 6.42 Å². The molecule has 1 heterocycles. The Morgan fingerprint density at radius 1 is 1.32 bits per heavy atom. The second-order valence-electron chi connectivity index (χ2n) is 4.85. The molecule has 0 aromatic rings. The van der Waals surface area contributed by atoms with Crippen molar-refractivity contribution < 1.29 is 9.59 Å². The first-order valence-electron chi connectivity index (χ1n) is 6.91. The molecule has 0 aliphatic carbocycles. The maximum atomic E-state index is 11.9. The van der Waals surface area contributed by atoms with Gasteiger partial charge in [0.2, 0.25) is 11.8 Å². The number of carbonyl (C=O) groups excluding carboxylic acids is 2. The lowest BCUT2D eigenvalue weighted by Gasteiger charge is -2.26. The van der Waals surface area contributed by atoms with Gasteiger partial charge in [-0.1, -0.05) is 19.1 Å². The zero-order valence-corrected chi connectivity index (χ0v) is 12.3. The summed E-state index contributed by atoms with van der Waals surface area (Å²) in [6.07, 6.45) is 4.29. The van der Waals surface area contributed by atoms with Crippen molar-refractivity contribution in [3.63, 3.8) is 0 Å². The van der Waals surface area contributed by atoms with Gasteiger partial charge in [-0.15, -0.1) is 0 Å². The molecule has 1 atom stereocenters. The number of rotatable bonds is 6. The molecule has 1 unspecified atom stereocenters. The zero-order chi connectivity index (χ0) is 14.3. The first kappa shape index (κ1) is 15.9. The number of amides is 2. The highest BCUT2D eigenvalue weighted by molar-refractivity contribution is 7.80. The fourth-order valence-electron chi connectivity index (χ4n) is 2.23. The van der Waals surface area contributed by atoms with Gasteiger partial charge in [0.15, 0.2) is 0 Å². The van der Waals surface area contributed by atoms with Gasteiger partial charge >= 0.3 is 0 Å². The van der Waals surface area contributed by atoms with Crippen LogP contribution in [0, 0.1) is 5.92 Å². The maximum Gasteiger partial charge on any atom is 0.229 e. The van der Waals surface area contributed by atoms with Gasteiger partial charge in [-0.25, -0.2) is 0 Å². The largest absolute Gasteiger partial charge is 0.393 e. The smallest absolute Gasteiger partial charge is 0.229 e. The van der Waals surface area contributed by atoms with E-state index in [-0.39, 0.29) is 16.8 Å². The van der Waals surface area contributed by atoms with Gasteiger partial charge in [-0.2, -0.15) is 0 Å². The molecule has 0 saturated carbocycles. The van der Waals surface area contributed by atoms with Crippen LogP contribution in [0.25, 0.3) is 0 Å². The first-order chi connectivity index (χ1) is 9.06. The Hall–Kier alpha value is -1.17. The summed E-state index contributed by atoms with van der Waals surface area (Å²) in [5, 5.41) is 2.73. The van der Waals surface area contributed by atoms with Crippen LogP contribution in [0.15, 0.2) is 0 Å². The van der Waals surface area contributed by atoms with E-state index in [9.17, 15) is 9.59 Å². The normalized spacial score (nSPS) is 16.8. The lowest BCUT2D eigenvalue weighted by atomic mass is 10.1. The minimum absolute atomic E-state index is 0.114. The second-order valence-corrected chi connectivity index (χ2v) is 5.32. The van der Waals surface area contributed by atoms with Crippen LogP contribution in [0.3, 0.4) is 0 Å². The number of nitrogens with one attached hydrogen (secondary N) is 1. The highest BCUT2D eigenvalue weighted by atomic mass is 32.1. The third-order valence-electron chi connectivity index (χ3n) is 3.42. The van der Waals surface area contributed by atoms with E-state index in [0.29, 0.717) is 19.4 Å². The third-order valence-corrected chi connectivity index (χ3v) is 3.70. The van der Waals surface area contributed by atoms with Crippen LogP contribution in [0.4, 0.5) is 0 Å². The van der Waals surface area contributed by atoms with E-state index < -0.39 is 5.92 Å². The minimum atomic E-state index is -0.430. The van der Waals surface area contributed by atoms with Crippen LogP contribution in [0.1, 0.15) is 39.0 Å². The van der Waals surface area contributed by atoms with Crippen molar-refractivity contribution in [3.8, 4) is 0 Å². The molecular weight excluding hydrogens is 262 g/mol. The summed E-state index contributed by atoms with van der Waals surface area (Å²) in [4.78, 5) is 25.7. The molecule has 0 aromatic carbocycles. The van der Waals surface area contributed by atoms with Crippen LogP contribution in [0.2, 0.25) is 0 Å². The van der Waals surface area contributed by atoms with Crippen molar-refractivity contribution in [2.24, 2.45) is 11.7 Å². The minimum Gasteiger partial charge on any atom is -0.393 e. The molecule has 1 fully saturated rings. The zero-order valence-electron chi connectivity index (χ0n) is 11.5. The van der Waals surface area contributed by atoms with Crippen LogP contribution in [-0.4, -0.2) is 41.3 Å². The number of hydrogen-bond acceptors (Lipinski definition) is 3. The number of nitrogens with two attached hydrogens (primary N) is 1. The molecule has 0 spiro atoms. The molecular formula is C13H23N3O2S. The molecule has 2 amide bonds. The van der Waals surface area contributed by atoms with Gasteiger partial charge in [0, 0.05) is 26.1 Å². The molecule has 1 aliphatic heterocycles. The van der Waals surface area contributed by atoms with Gasteiger partial charge in [-0.3, -0.25) is 9.59 Å². The summed E-state index contributed by atoms with van der Waals surface area (Å²) in [5.74, 6) is -0.495. The number of hydrogen-bond donors (Lipinski definition) is 2. The number of nitrogens with zero attached hydrogens (tertiary/aromatic N) is 1. The molecule has 0 radical (unpaired) electrons. The van der Waals surface area contributed by atoms with E-state index in [4.69, 9.17) is 18.0 Å². The Morgan fingerprint density at radius 2 is 1.95 bits per heavy atom. The number of piperidine rings is 1. The fourth-order valence-corrected chi connectivity index (χ4v) is 2.51. The highest BCUT2D eigenvalue weighted by Crippen LogP contribution is 2.09. The molecule has 1 rings (SSSR count). The van der Waals surface area contributed by atoms with Crippen LogP contribution in [-0.2, 0) is 9.59 Å². The van der Waals surface area contributed by atoms with Crippen molar-refractivity contribution in [1.82, 2.24) is 10.2 Å². The van der Waals surface area contributed by atoms with E-state index in [1.54, 1.807) is 0 Å². The SMILES string of the molecule is CCC(C(=O)NCCC(=O)N1CCCCC1)C(N)=S. The predicted octanol–water partition coefficient (Wildman–Crippen LogP) is 0.818. The van der Waals surface area contributed by atoms with Gasteiger partial charge in [0.1, 0.15) is 0 Å². The predicted molar refractivity (Wildman–Crippen MR) is 78.6 cm³/mol. The van der Waals surface area contributed by atoms with Gasteiger partial charge in [-0.05, 0) is 25.7 Å². The molecule has 0 aromatic heterocycles. The summed E-state index contributed by atoms with van der Waals surface area (Å²) in [7, 11) is 0. The summed E-state index contributed by atoms with van der Waals surface area (Å²) < 4.78 is 0. The standard InChI is InChI=1S/C13H23N3O2S/c1-2-10(12(14)19)13(18)15-7-6-11(17)16-8-4-3-5-9-16/h10H,2-9H2,1H3,(H2,14,19)(H,15,18). The Balaban J connectivity index is 2.27. The van der Waals surface area contributed by atoms with Crippen molar-refractivity contribution in [2.75, 3.05) is 19.6 Å². The molecule has 1 aliphatic rings. The molecule has 5 nitrogen and oxygen atoms in total. The Morgan fingerprint density at radius 3 is 2.47 bits per heavy atom. The third kappa shape index (κ3) is 5.14. The number of carbonyl (C=O) groups is 2. The Labute approximate surface area is 119 Å². The summed E-state index contributed by atoms with van der Waals surface area (Å²) in [6.45, 7) is 3.91. The van der Waals surface area contributed by atoms with Crippen molar-refractivity contribution >= 4 is 29.0 Å².